The SMILES string of the molecule is CC[n+]1cc[nH]c1CCOC. The highest BCUT2D eigenvalue weighted by Crippen LogP contribution is 1.88. The minimum absolute atomic E-state index is 0.778. The van der Waals surface area contributed by atoms with Crippen LogP contribution in [-0.4, -0.2) is 18.7 Å². The third-order valence-electron chi connectivity index (χ3n) is 1.73. The van der Waals surface area contributed by atoms with Crippen LogP contribution in [0.25, 0.3) is 0 Å². The number of imidazole rings is 1. The molecule has 1 aromatic rings. The molecule has 0 saturated heterocycles. The molecule has 1 rings (SSSR count). The first-order chi connectivity index (χ1) is 5.38. The number of rotatable bonds is 4. The first-order valence-electron chi connectivity index (χ1n) is 3.93. The Balaban J connectivity index is 2.54. The molecule has 62 valence electrons. The Labute approximate surface area is 67.0 Å². The number of hydrogen-bond acceptors (Lipinski definition) is 1. The molecule has 1 N–H and O–H groups in total. The Morgan fingerprint density at radius 1 is 1.64 bits per heavy atom. The molecule has 0 aromatic carbocycles. The van der Waals surface area contributed by atoms with Crippen molar-refractivity contribution < 1.29 is 9.30 Å². The van der Waals surface area contributed by atoms with E-state index >= 15 is 0 Å². The van der Waals surface area contributed by atoms with Crippen molar-refractivity contribution in [3.8, 4) is 0 Å². The third-order valence-corrected chi connectivity index (χ3v) is 1.73. The standard InChI is InChI=1S/C8H14N2O/c1-3-10-6-5-9-8(10)4-7-11-2/h5-6H,3-4,7H2,1-2H3/p+1. The van der Waals surface area contributed by atoms with Crippen molar-refractivity contribution in [2.75, 3.05) is 13.7 Å². The van der Waals surface area contributed by atoms with E-state index in [0.29, 0.717) is 0 Å². The van der Waals surface area contributed by atoms with Crippen LogP contribution >= 0.6 is 0 Å². The molecule has 0 amide bonds. The van der Waals surface area contributed by atoms with E-state index in [1.807, 2.05) is 12.4 Å². The maximum absolute atomic E-state index is 4.98. The Bertz CT molecular complexity index is 208. The Kier molecular flexibility index (Phi) is 3.11. The van der Waals surface area contributed by atoms with Crippen molar-refractivity contribution in [1.29, 1.82) is 0 Å². The number of ether oxygens (including phenoxy) is 1. The van der Waals surface area contributed by atoms with Gasteiger partial charge in [0.2, 0.25) is 0 Å². The summed E-state index contributed by atoms with van der Waals surface area (Å²) in [5, 5.41) is 0. The molecule has 0 spiro atoms. The van der Waals surface area contributed by atoms with Crippen LogP contribution in [0.4, 0.5) is 0 Å². The van der Waals surface area contributed by atoms with Crippen molar-refractivity contribution in [2.24, 2.45) is 0 Å². The molecule has 1 aromatic heterocycles. The summed E-state index contributed by atoms with van der Waals surface area (Å²) in [4.78, 5) is 3.17. The van der Waals surface area contributed by atoms with Crippen LogP contribution < -0.4 is 4.57 Å². The normalized spacial score (nSPS) is 10.4. The molecular weight excluding hydrogens is 140 g/mol. The van der Waals surface area contributed by atoms with Gasteiger partial charge in [0.15, 0.2) is 0 Å². The maximum Gasteiger partial charge on any atom is 0.256 e. The molecule has 1 heterocycles. The van der Waals surface area contributed by atoms with Gasteiger partial charge in [-0.25, -0.2) is 9.55 Å². The maximum atomic E-state index is 4.98. The fourth-order valence-corrected chi connectivity index (χ4v) is 1.11. The highest BCUT2D eigenvalue weighted by atomic mass is 16.5. The molecule has 0 unspecified atom stereocenters. The lowest BCUT2D eigenvalue weighted by Crippen LogP contribution is -2.35. The Hall–Kier alpha value is -0.830. The predicted octanol–water partition coefficient (Wildman–Crippen LogP) is 0.511. The highest BCUT2D eigenvalue weighted by Gasteiger charge is 2.06. The van der Waals surface area contributed by atoms with Crippen LogP contribution in [0.5, 0.6) is 0 Å². The highest BCUT2D eigenvalue weighted by molar-refractivity contribution is 4.76. The predicted molar refractivity (Wildman–Crippen MR) is 42.2 cm³/mol. The van der Waals surface area contributed by atoms with Gasteiger partial charge in [0.25, 0.3) is 5.82 Å². The molecule has 0 radical (unpaired) electrons. The zero-order valence-electron chi connectivity index (χ0n) is 7.13. The van der Waals surface area contributed by atoms with Crippen LogP contribution in [0.15, 0.2) is 12.4 Å². The van der Waals surface area contributed by atoms with Gasteiger partial charge in [0, 0.05) is 7.11 Å². The molecule has 0 aliphatic carbocycles. The van der Waals surface area contributed by atoms with E-state index in [4.69, 9.17) is 4.74 Å². The van der Waals surface area contributed by atoms with E-state index in [1.165, 1.54) is 5.82 Å². The summed E-state index contributed by atoms with van der Waals surface area (Å²) in [7, 11) is 1.72. The number of aromatic nitrogens is 2. The first kappa shape index (κ1) is 8.27. The molecule has 0 aliphatic heterocycles. The van der Waals surface area contributed by atoms with Crippen molar-refractivity contribution in [1.82, 2.24) is 4.98 Å². The molecule has 0 bridgehead atoms. The van der Waals surface area contributed by atoms with Crippen molar-refractivity contribution in [3.63, 3.8) is 0 Å². The molecule has 0 atom stereocenters. The number of aryl methyl sites for hydroxylation is 1. The summed E-state index contributed by atoms with van der Waals surface area (Å²) in [6.45, 7) is 3.92. The average Bonchev–Trinajstić information content (AvgIpc) is 2.47. The van der Waals surface area contributed by atoms with E-state index in [9.17, 15) is 0 Å². The van der Waals surface area contributed by atoms with E-state index in [1.54, 1.807) is 7.11 Å². The molecular formula is C8H15N2O+. The summed E-state index contributed by atoms with van der Waals surface area (Å²) in [6, 6.07) is 0. The number of methoxy groups -OCH3 is 1. The van der Waals surface area contributed by atoms with Gasteiger partial charge in [-0.05, 0) is 6.92 Å². The van der Waals surface area contributed by atoms with E-state index in [2.05, 4.69) is 16.5 Å². The van der Waals surface area contributed by atoms with Gasteiger partial charge in [-0.3, -0.25) is 0 Å². The van der Waals surface area contributed by atoms with Crippen molar-refractivity contribution in [3.05, 3.63) is 18.2 Å². The van der Waals surface area contributed by atoms with Crippen molar-refractivity contribution >= 4 is 0 Å². The lowest BCUT2D eigenvalue weighted by Gasteiger charge is -1.95. The van der Waals surface area contributed by atoms with Gasteiger partial charge in [-0.2, -0.15) is 0 Å². The Morgan fingerprint density at radius 2 is 2.45 bits per heavy atom. The van der Waals surface area contributed by atoms with Gasteiger partial charge in [0.05, 0.1) is 19.6 Å². The fraction of sp³-hybridized carbons (Fsp3) is 0.625. The van der Waals surface area contributed by atoms with Crippen LogP contribution in [0, 0.1) is 0 Å². The second-order valence-electron chi connectivity index (χ2n) is 2.44. The smallest absolute Gasteiger partial charge is 0.256 e. The van der Waals surface area contributed by atoms with Gasteiger partial charge in [-0.15, -0.1) is 0 Å². The molecule has 3 heteroatoms. The quantitative estimate of drug-likeness (QED) is 0.631. The number of nitrogens with zero attached hydrogens (tertiary/aromatic N) is 1. The molecule has 0 fully saturated rings. The molecule has 11 heavy (non-hydrogen) atoms. The van der Waals surface area contributed by atoms with E-state index in [0.717, 1.165) is 19.6 Å². The van der Waals surface area contributed by atoms with E-state index in [-0.39, 0.29) is 0 Å². The lowest BCUT2D eigenvalue weighted by molar-refractivity contribution is -0.699. The topological polar surface area (TPSA) is 28.9 Å². The molecule has 3 nitrogen and oxygen atoms in total. The third kappa shape index (κ3) is 2.05. The number of H-pyrrole nitrogens is 1. The minimum atomic E-state index is 0.778. The number of nitrogens with one attached hydrogen (secondary N) is 1. The molecule has 0 aliphatic rings. The lowest BCUT2D eigenvalue weighted by atomic mass is 10.4. The zero-order chi connectivity index (χ0) is 8.10. The van der Waals surface area contributed by atoms with Crippen LogP contribution in [-0.2, 0) is 17.7 Å². The Morgan fingerprint density at radius 3 is 3.09 bits per heavy atom. The van der Waals surface area contributed by atoms with Gasteiger partial charge in [-0.1, -0.05) is 0 Å². The monoisotopic (exact) mass is 155 g/mol. The zero-order valence-corrected chi connectivity index (χ0v) is 7.13. The second kappa shape index (κ2) is 4.13. The largest absolute Gasteiger partial charge is 0.384 e. The van der Waals surface area contributed by atoms with Crippen molar-refractivity contribution in [2.45, 2.75) is 19.9 Å². The van der Waals surface area contributed by atoms with Crippen LogP contribution in [0.2, 0.25) is 0 Å². The number of aromatic amines is 1. The van der Waals surface area contributed by atoms with Gasteiger partial charge < -0.3 is 4.74 Å². The summed E-state index contributed by atoms with van der Waals surface area (Å²) in [5.41, 5.74) is 0. The average molecular weight is 155 g/mol. The summed E-state index contributed by atoms with van der Waals surface area (Å²) in [6.07, 6.45) is 4.96. The molecule has 0 saturated carbocycles. The fourth-order valence-electron chi connectivity index (χ4n) is 1.11. The summed E-state index contributed by atoms with van der Waals surface area (Å²) in [5.74, 6) is 1.23. The van der Waals surface area contributed by atoms with Gasteiger partial charge >= 0.3 is 0 Å². The summed E-state index contributed by atoms with van der Waals surface area (Å²) < 4.78 is 7.16. The second-order valence-corrected chi connectivity index (χ2v) is 2.44. The van der Waals surface area contributed by atoms with Gasteiger partial charge in [0.1, 0.15) is 12.4 Å². The van der Waals surface area contributed by atoms with E-state index < -0.39 is 0 Å². The van der Waals surface area contributed by atoms with Crippen LogP contribution in [0.3, 0.4) is 0 Å². The summed E-state index contributed by atoms with van der Waals surface area (Å²) >= 11 is 0. The van der Waals surface area contributed by atoms with Crippen LogP contribution in [0.1, 0.15) is 12.7 Å². The number of hydrogen-bond donors (Lipinski definition) is 1. The minimum Gasteiger partial charge on any atom is -0.384 e. The first-order valence-corrected chi connectivity index (χ1v) is 3.93.